The highest BCUT2D eigenvalue weighted by molar-refractivity contribution is 4.96. The van der Waals surface area contributed by atoms with Crippen LogP contribution in [-0.4, -0.2) is 23.4 Å². The summed E-state index contributed by atoms with van der Waals surface area (Å²) in [6.07, 6.45) is 4.15. The standard InChI is InChI=1S/C9H16O2/c1-7-2-3-9(10)4-5-11-8(9)6-7/h7-8,10H,2-6H2,1H3/t7-,8+,9-/m1/s1. The summed E-state index contributed by atoms with van der Waals surface area (Å²) in [7, 11) is 0. The predicted octanol–water partition coefficient (Wildman–Crippen LogP) is 1.33. The van der Waals surface area contributed by atoms with Crippen molar-refractivity contribution in [2.75, 3.05) is 6.61 Å². The second kappa shape index (κ2) is 2.46. The van der Waals surface area contributed by atoms with E-state index in [1.165, 1.54) is 0 Å². The molecular formula is C9H16O2. The number of hydrogen-bond acceptors (Lipinski definition) is 2. The van der Waals surface area contributed by atoms with E-state index in [4.69, 9.17) is 4.74 Å². The van der Waals surface area contributed by atoms with E-state index in [1.807, 2.05) is 0 Å². The van der Waals surface area contributed by atoms with Crippen molar-refractivity contribution in [2.45, 2.75) is 44.3 Å². The van der Waals surface area contributed by atoms with Crippen LogP contribution in [0.5, 0.6) is 0 Å². The van der Waals surface area contributed by atoms with Gasteiger partial charge in [-0.25, -0.2) is 0 Å². The molecule has 3 atom stereocenters. The third kappa shape index (κ3) is 1.18. The quantitative estimate of drug-likeness (QED) is 0.573. The molecule has 2 aliphatic rings. The topological polar surface area (TPSA) is 29.5 Å². The average Bonchev–Trinajstić information content (AvgIpc) is 2.31. The van der Waals surface area contributed by atoms with E-state index in [-0.39, 0.29) is 6.10 Å². The van der Waals surface area contributed by atoms with Crippen molar-refractivity contribution >= 4 is 0 Å². The van der Waals surface area contributed by atoms with Crippen molar-refractivity contribution in [3.05, 3.63) is 0 Å². The molecule has 2 nitrogen and oxygen atoms in total. The smallest absolute Gasteiger partial charge is 0.0930 e. The fourth-order valence-corrected chi connectivity index (χ4v) is 2.25. The van der Waals surface area contributed by atoms with Crippen LogP contribution in [0.3, 0.4) is 0 Å². The highest BCUT2D eigenvalue weighted by Gasteiger charge is 2.45. The van der Waals surface area contributed by atoms with Gasteiger partial charge in [0.1, 0.15) is 0 Å². The van der Waals surface area contributed by atoms with Crippen molar-refractivity contribution in [2.24, 2.45) is 5.92 Å². The van der Waals surface area contributed by atoms with E-state index in [9.17, 15) is 5.11 Å². The fraction of sp³-hybridized carbons (Fsp3) is 1.00. The van der Waals surface area contributed by atoms with Gasteiger partial charge in [0, 0.05) is 13.0 Å². The number of rotatable bonds is 0. The summed E-state index contributed by atoms with van der Waals surface area (Å²) in [5.74, 6) is 0.735. The number of aliphatic hydroxyl groups is 1. The van der Waals surface area contributed by atoms with Crippen LogP contribution in [0.25, 0.3) is 0 Å². The summed E-state index contributed by atoms with van der Waals surface area (Å²) < 4.78 is 5.48. The average molecular weight is 156 g/mol. The van der Waals surface area contributed by atoms with Gasteiger partial charge in [0.2, 0.25) is 0 Å². The molecule has 0 aromatic heterocycles. The maximum Gasteiger partial charge on any atom is 0.0930 e. The molecule has 1 saturated carbocycles. The van der Waals surface area contributed by atoms with Crippen molar-refractivity contribution in [1.29, 1.82) is 0 Å². The first-order chi connectivity index (χ1) is 5.21. The Balaban J connectivity index is 2.08. The Morgan fingerprint density at radius 3 is 3.09 bits per heavy atom. The molecule has 11 heavy (non-hydrogen) atoms. The molecular weight excluding hydrogens is 140 g/mol. The lowest BCUT2D eigenvalue weighted by molar-refractivity contribution is -0.0748. The van der Waals surface area contributed by atoms with Crippen LogP contribution < -0.4 is 0 Å². The van der Waals surface area contributed by atoms with Gasteiger partial charge in [-0.05, 0) is 25.2 Å². The molecule has 1 aliphatic carbocycles. The monoisotopic (exact) mass is 156 g/mol. The first-order valence-corrected chi connectivity index (χ1v) is 4.55. The SMILES string of the molecule is C[C@@H]1CC[C@@]2(O)CCO[C@H]2C1. The molecule has 1 heterocycles. The summed E-state index contributed by atoms with van der Waals surface area (Å²) in [6.45, 7) is 3.00. The molecule has 64 valence electrons. The predicted molar refractivity (Wildman–Crippen MR) is 42.3 cm³/mol. The van der Waals surface area contributed by atoms with E-state index >= 15 is 0 Å². The van der Waals surface area contributed by atoms with Gasteiger partial charge in [-0.1, -0.05) is 6.92 Å². The normalized spacial score (nSPS) is 50.7. The van der Waals surface area contributed by atoms with Crippen LogP contribution in [0, 0.1) is 5.92 Å². The third-order valence-corrected chi connectivity index (χ3v) is 3.14. The Morgan fingerprint density at radius 2 is 2.27 bits per heavy atom. The van der Waals surface area contributed by atoms with Gasteiger partial charge in [-0.3, -0.25) is 0 Å². The molecule has 2 heteroatoms. The molecule has 0 radical (unpaired) electrons. The molecule has 0 aromatic carbocycles. The molecule has 0 unspecified atom stereocenters. The molecule has 0 spiro atoms. The Morgan fingerprint density at radius 1 is 1.45 bits per heavy atom. The lowest BCUT2D eigenvalue weighted by Crippen LogP contribution is -2.42. The Bertz CT molecular complexity index is 158. The minimum atomic E-state index is -0.452. The van der Waals surface area contributed by atoms with E-state index in [1.54, 1.807) is 0 Å². The van der Waals surface area contributed by atoms with Crippen LogP contribution >= 0.6 is 0 Å². The van der Waals surface area contributed by atoms with Crippen LogP contribution in [0.15, 0.2) is 0 Å². The van der Waals surface area contributed by atoms with Crippen molar-refractivity contribution < 1.29 is 9.84 Å². The van der Waals surface area contributed by atoms with Gasteiger partial charge >= 0.3 is 0 Å². The van der Waals surface area contributed by atoms with Gasteiger partial charge in [-0.2, -0.15) is 0 Å². The maximum absolute atomic E-state index is 10.0. The van der Waals surface area contributed by atoms with E-state index in [0.29, 0.717) is 0 Å². The van der Waals surface area contributed by atoms with E-state index in [0.717, 1.165) is 38.2 Å². The van der Waals surface area contributed by atoms with Gasteiger partial charge < -0.3 is 9.84 Å². The highest BCUT2D eigenvalue weighted by atomic mass is 16.5. The molecule has 0 bridgehead atoms. The zero-order valence-electron chi connectivity index (χ0n) is 7.05. The summed E-state index contributed by atoms with van der Waals surface area (Å²) in [4.78, 5) is 0. The lowest BCUT2D eigenvalue weighted by atomic mass is 9.77. The number of ether oxygens (including phenoxy) is 1. The van der Waals surface area contributed by atoms with E-state index < -0.39 is 5.60 Å². The first kappa shape index (κ1) is 7.56. The Kier molecular flexibility index (Phi) is 1.69. The van der Waals surface area contributed by atoms with E-state index in [2.05, 4.69) is 6.92 Å². The van der Waals surface area contributed by atoms with Crippen LogP contribution in [0.1, 0.15) is 32.6 Å². The first-order valence-electron chi connectivity index (χ1n) is 4.55. The third-order valence-electron chi connectivity index (χ3n) is 3.14. The second-order valence-electron chi connectivity index (χ2n) is 4.09. The zero-order chi connectivity index (χ0) is 7.90. The molecule has 0 aromatic rings. The summed E-state index contributed by atoms with van der Waals surface area (Å²) >= 11 is 0. The lowest BCUT2D eigenvalue weighted by Gasteiger charge is -2.35. The largest absolute Gasteiger partial charge is 0.387 e. The molecule has 1 aliphatic heterocycles. The van der Waals surface area contributed by atoms with Crippen molar-refractivity contribution in [3.63, 3.8) is 0 Å². The van der Waals surface area contributed by atoms with Gasteiger partial charge in [0.05, 0.1) is 11.7 Å². The molecule has 1 saturated heterocycles. The molecule has 2 rings (SSSR count). The molecule has 2 fully saturated rings. The zero-order valence-corrected chi connectivity index (χ0v) is 7.05. The minimum absolute atomic E-state index is 0.145. The van der Waals surface area contributed by atoms with Crippen LogP contribution in [-0.2, 0) is 4.74 Å². The summed E-state index contributed by atoms with van der Waals surface area (Å²) in [5.41, 5.74) is -0.452. The number of hydrogen-bond donors (Lipinski definition) is 1. The Labute approximate surface area is 67.6 Å². The highest BCUT2D eigenvalue weighted by Crippen LogP contribution is 2.40. The van der Waals surface area contributed by atoms with Gasteiger partial charge in [0.15, 0.2) is 0 Å². The van der Waals surface area contributed by atoms with Gasteiger partial charge in [-0.15, -0.1) is 0 Å². The number of fused-ring (bicyclic) bond motifs is 1. The Hall–Kier alpha value is -0.0800. The molecule has 1 N–H and O–H groups in total. The second-order valence-corrected chi connectivity index (χ2v) is 4.09. The fourth-order valence-electron chi connectivity index (χ4n) is 2.25. The maximum atomic E-state index is 10.0. The minimum Gasteiger partial charge on any atom is -0.387 e. The van der Waals surface area contributed by atoms with Crippen molar-refractivity contribution in [1.82, 2.24) is 0 Å². The molecule has 0 amide bonds. The summed E-state index contributed by atoms with van der Waals surface area (Å²) in [5, 5.41) is 10.0. The summed E-state index contributed by atoms with van der Waals surface area (Å²) in [6, 6.07) is 0. The van der Waals surface area contributed by atoms with Crippen molar-refractivity contribution in [3.8, 4) is 0 Å². The van der Waals surface area contributed by atoms with Crippen LogP contribution in [0.2, 0.25) is 0 Å². The van der Waals surface area contributed by atoms with Gasteiger partial charge in [0.25, 0.3) is 0 Å². The van der Waals surface area contributed by atoms with Crippen LogP contribution in [0.4, 0.5) is 0 Å².